The van der Waals surface area contributed by atoms with E-state index in [-0.39, 0.29) is 0 Å². The quantitative estimate of drug-likeness (QED) is 0.0338. The maximum Gasteiger partial charge on any atom is 0 e. The zero-order valence-corrected chi connectivity index (χ0v) is 36.4. The molecule has 81 nitrogen and oxygen atoms in total. The van der Waals surface area contributed by atoms with E-state index in [0.717, 1.165) is 0 Å². The van der Waals surface area contributed by atoms with Crippen LogP contribution in [0.5, 0.6) is 0 Å². The summed E-state index contributed by atoms with van der Waals surface area (Å²) in [6, 6.07) is 0. The second-order valence-corrected chi connectivity index (χ2v) is 7.10. The molecule has 0 spiro atoms. The van der Waals surface area contributed by atoms with Gasteiger partial charge in [-0.3, -0.25) is 0 Å². The fourth-order valence-corrected chi connectivity index (χ4v) is 1.38. The van der Waals surface area contributed by atoms with Gasteiger partial charge >= 0.3 is 0 Å². The minimum Gasteiger partial charge on any atom is -0.303 e. The lowest BCUT2D eigenvalue weighted by atomic mass is 12.3. The Morgan fingerprint density at radius 1 is 0.0988 bits per heavy atom. The van der Waals surface area contributed by atoms with Crippen molar-refractivity contribution in [2.24, 2.45) is 418 Å². The minimum atomic E-state index is 2.50. The molecule has 0 aliphatic heterocycles. The standard InChI is InChI=1S/H3N81/c1-3-5-7-9-11-13-15-17-19-21-23-25-27-29-31-33-35-37-39-41-43-45-47-49-51-53-55-57-59-61-63-65-67-69-71-73-75-77-79-81-80-78-76-74-72-70-68-66-64-62-60-58-56-54-52-50-48-46-44-42-40-38-36-34-32-30-28-26-24-22-20-18-16-14-12-10-8-6-4-2/h(H3,1,2,5,6,9,10,13,14,17,18,21,22,25,26,29,30,33,34,37,38,41,42,45,46,49,50,53,54,57,58,61,62,65,66,69,70,73,74,77,78,81). The molecule has 0 bridgehead atoms. The molecule has 0 aromatic heterocycles. The van der Waals surface area contributed by atoms with E-state index >= 15 is 0 Å². The van der Waals surface area contributed by atoms with Crippen LogP contribution in [0.25, 0.3) is 0 Å². The Balaban J connectivity index is 4.10. The van der Waals surface area contributed by atoms with Gasteiger partial charge in [0.2, 0.25) is 0 Å². The smallest absolute Gasteiger partial charge is 0 e. The van der Waals surface area contributed by atoms with Crippen LogP contribution in [0.2, 0.25) is 0 Å². The van der Waals surface area contributed by atoms with E-state index in [1.807, 2.05) is 0 Å². The molecular formula is H3N81. The first-order valence-corrected chi connectivity index (χ1v) is 16.1. The fraction of sp³-hybridized carbons (Fsp3) is 0. The predicted molar refractivity (Wildman–Crippen MR) is 199 cm³/mol. The van der Waals surface area contributed by atoms with Gasteiger partial charge in [0.25, 0.3) is 0 Å². The lowest BCUT2D eigenvalue weighted by molar-refractivity contribution is 0.723. The van der Waals surface area contributed by atoms with Crippen LogP contribution in [-0.2, 0) is 0 Å². The third-order valence-corrected chi connectivity index (χ3v) is 3.14. The van der Waals surface area contributed by atoms with E-state index in [0.29, 0.717) is 0 Å². The molecular weight excluding hydrogens is 1130 g/mol. The van der Waals surface area contributed by atoms with Crippen molar-refractivity contribution in [3.8, 4) is 0 Å². The van der Waals surface area contributed by atoms with E-state index in [9.17, 15) is 0 Å². The number of nitrogens with zero attached hydrogens (tertiary/aromatic N) is 79. The Labute approximate surface area is 424 Å². The van der Waals surface area contributed by atoms with Gasteiger partial charge < -0.3 is 5.84 Å². The Bertz CT molecular complexity index is 2860. The molecule has 0 amide bonds. The van der Waals surface area contributed by atoms with Crippen LogP contribution in [-0.4, -0.2) is 0 Å². The molecule has 0 rings (SSSR count). The number of nitrogens with one attached hydrogen (secondary N) is 1. The molecule has 0 aromatic carbocycles. The number of hydrogen-bond acceptors (Lipinski definition) is 2. The maximum atomic E-state index is 6.27. The molecule has 0 aliphatic carbocycles. The van der Waals surface area contributed by atoms with Crippen molar-refractivity contribution in [1.29, 1.82) is 5.53 Å². The Morgan fingerprint density at radius 2 is 0.160 bits per heavy atom. The van der Waals surface area contributed by atoms with Gasteiger partial charge in [-0.05, 0) is 78.3 Å². The summed E-state index contributed by atoms with van der Waals surface area (Å²) in [6.45, 7) is 0. The van der Waals surface area contributed by atoms with Crippen LogP contribution in [0.3, 0.4) is 0 Å². The van der Waals surface area contributed by atoms with Crippen molar-refractivity contribution in [2.75, 3.05) is 0 Å². The van der Waals surface area contributed by atoms with E-state index < -0.39 is 0 Å². The van der Waals surface area contributed by atoms with Gasteiger partial charge in [-0.15, -0.1) is 0 Å². The molecule has 0 heterocycles. The Kier molecular flexibility index (Phi) is 51.0. The highest BCUT2D eigenvalue weighted by atomic mass is 15.8. The van der Waals surface area contributed by atoms with Gasteiger partial charge in [-0.25, -0.2) is 0 Å². The summed E-state index contributed by atoms with van der Waals surface area (Å²) in [5.74, 6) is 4.63. The summed E-state index contributed by atoms with van der Waals surface area (Å²) >= 11 is 0. The first-order valence-electron chi connectivity index (χ1n) is 16.1. The summed E-state index contributed by atoms with van der Waals surface area (Å²) in [5.41, 5.74) is 6.27. The number of nitrogens with two attached hydrogens (primary N) is 1. The van der Waals surface area contributed by atoms with Gasteiger partial charge in [-0.2, -0.15) is 5.53 Å². The van der Waals surface area contributed by atoms with Crippen molar-refractivity contribution >= 4 is 0 Å². The van der Waals surface area contributed by atoms with Crippen molar-refractivity contribution in [3.05, 3.63) is 0 Å². The third kappa shape index (κ3) is 63.8. The van der Waals surface area contributed by atoms with Crippen LogP contribution >= 0.6 is 0 Å². The second-order valence-electron chi connectivity index (χ2n) is 7.10. The van der Waals surface area contributed by atoms with Crippen molar-refractivity contribution in [3.63, 3.8) is 0 Å². The summed E-state index contributed by atoms with van der Waals surface area (Å²) in [7, 11) is 0. The first kappa shape index (κ1) is 64.8. The summed E-state index contributed by atoms with van der Waals surface area (Å²) in [6.07, 6.45) is 0. The zero-order valence-electron chi connectivity index (χ0n) is 36.4. The molecule has 0 saturated carbocycles. The van der Waals surface area contributed by atoms with E-state index in [4.69, 9.17) is 5.53 Å². The molecule has 0 aromatic rings. The van der Waals surface area contributed by atoms with E-state index in [1.165, 1.54) is 0 Å². The molecule has 0 unspecified atom stereocenters. The Morgan fingerprint density at radius 3 is 0.222 bits per heavy atom. The topological polar surface area (TPSA) is 1030 Å². The van der Waals surface area contributed by atoms with Crippen LogP contribution in [0, 0.1) is 5.53 Å². The highest BCUT2D eigenvalue weighted by Crippen LogP contribution is 1.96. The van der Waals surface area contributed by atoms with Crippen molar-refractivity contribution in [1.82, 2.24) is 0 Å². The molecule has 0 aliphatic rings. The highest BCUT2D eigenvalue weighted by Gasteiger charge is 1.78. The van der Waals surface area contributed by atoms with Crippen LogP contribution < -0.4 is 5.84 Å². The zero-order chi connectivity index (χ0) is 57.9. The normalized spacial score (nSPS) is 15.6. The SMILES string of the molecule is N=N/N=N/N=N/N=N/N=N/N=N/N=N/N=N/N=N/N=N/N=N/N=N/N=N/N=N/N=N/N=N/N=N/N=N/N=N/N=N/N=N/N=N/N=N/N=N/N=N/N=N/N=N/N=N/N=N/N=N/N=N/N=N/N=N/N=N/N=N/N=N/N=N/N=N/N=N/N=N/N. The Hall–Kier alpha value is -16.2. The second kappa shape index (κ2) is 63.8. The average Bonchev–Trinajstić information content (AvgIpc) is 3.48. The molecule has 0 saturated heterocycles. The largest absolute Gasteiger partial charge is 0.303 e. The summed E-state index contributed by atoms with van der Waals surface area (Å²) in [4.78, 5) is 0. The van der Waals surface area contributed by atoms with Crippen LogP contribution in [0.15, 0.2) is 413 Å². The molecule has 3 N–H and O–H groups in total. The molecule has 0 fully saturated rings. The summed E-state index contributed by atoms with van der Waals surface area (Å²) in [5, 5.41) is 235. The monoisotopic (exact) mass is 1140 g/mol. The van der Waals surface area contributed by atoms with Gasteiger partial charge in [0.05, 0.1) is 0 Å². The molecule has 81 heteroatoms. The van der Waals surface area contributed by atoms with Crippen LogP contribution in [0.4, 0.5) is 0 Å². The average molecular weight is 1140 g/mol. The molecule has 81 heavy (non-hydrogen) atoms. The lowest BCUT2D eigenvalue weighted by Crippen LogP contribution is -1.70. The predicted octanol–water partition coefficient (Wildman–Crippen LogP) is 14.2. The van der Waals surface area contributed by atoms with Gasteiger partial charge in [0.1, 0.15) is 0 Å². The van der Waals surface area contributed by atoms with Crippen molar-refractivity contribution in [2.45, 2.75) is 0 Å². The van der Waals surface area contributed by atoms with Gasteiger partial charge in [0, 0.05) is 329 Å². The van der Waals surface area contributed by atoms with Crippen molar-refractivity contribution < 1.29 is 0 Å². The van der Waals surface area contributed by atoms with E-state index in [1.54, 1.807) is 0 Å². The number of rotatable bonds is 39. The highest BCUT2D eigenvalue weighted by molar-refractivity contribution is 4.21. The maximum absolute atomic E-state index is 6.27. The lowest BCUT2D eigenvalue weighted by Gasteiger charge is -1.70. The first-order chi connectivity index (χ1) is 40.4. The minimum absolute atomic E-state index is 2.50. The molecule has 408 valence electrons. The summed E-state index contributed by atoms with van der Waals surface area (Å²) < 4.78 is 0. The van der Waals surface area contributed by atoms with E-state index in [2.05, 4.69) is 418 Å². The van der Waals surface area contributed by atoms with Gasteiger partial charge in [-0.1, -0.05) is 5.22 Å². The number of hydrogen-bond donors (Lipinski definition) is 2. The van der Waals surface area contributed by atoms with Gasteiger partial charge in [0.15, 0.2) is 0 Å². The van der Waals surface area contributed by atoms with Crippen LogP contribution in [0.1, 0.15) is 0 Å². The molecule has 0 radical (unpaired) electrons. The molecule has 0 atom stereocenters. The third-order valence-electron chi connectivity index (χ3n) is 3.14. The fourth-order valence-electron chi connectivity index (χ4n) is 1.38.